The van der Waals surface area contributed by atoms with E-state index in [1.54, 1.807) is 11.3 Å². The van der Waals surface area contributed by atoms with Crippen molar-refractivity contribution in [1.29, 1.82) is 0 Å². The van der Waals surface area contributed by atoms with Crippen LogP contribution in [0.2, 0.25) is 0 Å². The normalized spacial score (nSPS) is 10.6. The first-order valence-electron chi connectivity index (χ1n) is 6.98. The molecule has 2 aromatic heterocycles. The molecule has 22 heavy (non-hydrogen) atoms. The highest BCUT2D eigenvalue weighted by atomic mass is 32.1. The molecule has 5 heteroatoms. The molecule has 1 amide bonds. The molecule has 0 bridgehead atoms. The lowest BCUT2D eigenvalue weighted by Crippen LogP contribution is -2.14. The number of carbonyl (C=O) groups excluding carboxylic acids is 1. The van der Waals surface area contributed by atoms with Crippen LogP contribution in [0.1, 0.15) is 15.4 Å². The smallest absolute Gasteiger partial charge is 0.231 e. The van der Waals surface area contributed by atoms with Crippen LogP contribution >= 0.6 is 22.7 Å². The fourth-order valence-electron chi connectivity index (χ4n) is 2.12. The largest absolute Gasteiger partial charge is 0.325 e. The molecule has 0 spiro atoms. The second-order valence-electron chi connectivity index (χ2n) is 5.08. The molecule has 1 aromatic carbocycles. The number of thiophene rings is 1. The van der Waals surface area contributed by atoms with E-state index >= 15 is 0 Å². The Hall–Kier alpha value is -1.98. The van der Waals surface area contributed by atoms with Gasteiger partial charge in [-0.05, 0) is 37.6 Å². The van der Waals surface area contributed by atoms with E-state index in [1.165, 1.54) is 16.2 Å². The average molecular weight is 328 g/mol. The molecule has 0 aliphatic rings. The first-order valence-corrected chi connectivity index (χ1v) is 8.68. The lowest BCUT2D eigenvalue weighted by Gasteiger charge is -2.06. The molecule has 0 aliphatic carbocycles. The van der Waals surface area contributed by atoms with Crippen molar-refractivity contribution in [2.45, 2.75) is 20.3 Å². The highest BCUT2D eigenvalue weighted by Gasteiger charge is 2.11. The summed E-state index contributed by atoms with van der Waals surface area (Å²) >= 11 is 3.25. The predicted octanol–water partition coefficient (Wildman–Crippen LogP) is 4.67. The number of amides is 1. The van der Waals surface area contributed by atoms with Crippen molar-refractivity contribution in [1.82, 2.24) is 4.98 Å². The van der Waals surface area contributed by atoms with Crippen molar-refractivity contribution in [3.63, 3.8) is 0 Å². The number of aryl methyl sites for hydroxylation is 2. The summed E-state index contributed by atoms with van der Waals surface area (Å²) in [5.41, 5.74) is 2.88. The van der Waals surface area contributed by atoms with Crippen LogP contribution in [0.4, 0.5) is 5.69 Å². The second-order valence-corrected chi connectivity index (χ2v) is 7.31. The third-order valence-electron chi connectivity index (χ3n) is 3.28. The van der Waals surface area contributed by atoms with Gasteiger partial charge in [0.05, 0.1) is 17.0 Å². The number of rotatable bonds is 4. The van der Waals surface area contributed by atoms with Crippen molar-refractivity contribution in [3.8, 4) is 10.6 Å². The Labute approximate surface area is 137 Å². The first-order chi connectivity index (χ1) is 10.6. The fraction of sp³-hybridized carbons (Fsp3) is 0.176. The van der Waals surface area contributed by atoms with Gasteiger partial charge >= 0.3 is 0 Å². The average Bonchev–Trinajstić information content (AvgIpc) is 3.10. The lowest BCUT2D eigenvalue weighted by molar-refractivity contribution is -0.115. The number of thiazole rings is 1. The molecule has 0 radical (unpaired) electrons. The van der Waals surface area contributed by atoms with Crippen LogP contribution in [0.3, 0.4) is 0 Å². The van der Waals surface area contributed by atoms with Crippen LogP contribution in [-0.4, -0.2) is 10.9 Å². The minimum Gasteiger partial charge on any atom is -0.325 e. The van der Waals surface area contributed by atoms with Crippen LogP contribution < -0.4 is 5.32 Å². The van der Waals surface area contributed by atoms with Crippen molar-refractivity contribution < 1.29 is 4.79 Å². The standard InChI is InChI=1S/C17H16N2OS2/c1-11-5-3-4-6-13(11)18-16(20)9-17-19-14(10-21-17)15-8-7-12(2)22-15/h3-8,10H,9H2,1-2H3,(H,18,20). The zero-order valence-electron chi connectivity index (χ0n) is 12.4. The molecule has 0 fully saturated rings. The van der Waals surface area contributed by atoms with Gasteiger partial charge in [0.2, 0.25) is 5.91 Å². The van der Waals surface area contributed by atoms with Crippen LogP contribution in [0.25, 0.3) is 10.6 Å². The zero-order chi connectivity index (χ0) is 15.5. The van der Waals surface area contributed by atoms with E-state index in [9.17, 15) is 4.79 Å². The van der Waals surface area contributed by atoms with Gasteiger partial charge in [-0.3, -0.25) is 4.79 Å². The van der Waals surface area contributed by atoms with E-state index in [4.69, 9.17) is 0 Å². The monoisotopic (exact) mass is 328 g/mol. The fourth-order valence-corrected chi connectivity index (χ4v) is 3.82. The molecule has 0 aliphatic heterocycles. The third-order valence-corrected chi connectivity index (χ3v) is 5.15. The van der Waals surface area contributed by atoms with Gasteiger partial charge in [-0.2, -0.15) is 0 Å². The first kappa shape index (κ1) is 14.9. The topological polar surface area (TPSA) is 42.0 Å². The van der Waals surface area contributed by atoms with Gasteiger partial charge in [0, 0.05) is 15.9 Å². The Balaban J connectivity index is 1.67. The van der Waals surface area contributed by atoms with Crippen molar-refractivity contribution in [2.75, 3.05) is 5.32 Å². The summed E-state index contributed by atoms with van der Waals surface area (Å²) in [4.78, 5) is 19.1. The summed E-state index contributed by atoms with van der Waals surface area (Å²) in [6, 6.07) is 11.9. The van der Waals surface area contributed by atoms with Crippen LogP contribution in [0, 0.1) is 13.8 Å². The minimum atomic E-state index is -0.0300. The highest BCUT2D eigenvalue weighted by Crippen LogP contribution is 2.28. The van der Waals surface area contributed by atoms with Gasteiger partial charge in [0.1, 0.15) is 5.01 Å². The summed E-state index contributed by atoms with van der Waals surface area (Å²) in [6.45, 7) is 4.06. The predicted molar refractivity (Wildman–Crippen MR) is 93.7 cm³/mol. The van der Waals surface area contributed by atoms with E-state index in [0.717, 1.165) is 26.8 Å². The Morgan fingerprint density at radius 2 is 2.00 bits per heavy atom. The quantitative estimate of drug-likeness (QED) is 0.756. The summed E-state index contributed by atoms with van der Waals surface area (Å²) in [6.07, 6.45) is 0.309. The molecule has 3 aromatic rings. The highest BCUT2D eigenvalue weighted by molar-refractivity contribution is 7.16. The van der Waals surface area contributed by atoms with Crippen molar-refractivity contribution in [2.24, 2.45) is 0 Å². The lowest BCUT2D eigenvalue weighted by atomic mass is 10.2. The zero-order valence-corrected chi connectivity index (χ0v) is 14.1. The number of benzene rings is 1. The summed E-state index contributed by atoms with van der Waals surface area (Å²) in [7, 11) is 0. The summed E-state index contributed by atoms with van der Waals surface area (Å²) < 4.78 is 0. The number of aromatic nitrogens is 1. The van der Waals surface area contributed by atoms with Gasteiger partial charge in [-0.25, -0.2) is 4.98 Å². The van der Waals surface area contributed by atoms with Crippen LogP contribution in [-0.2, 0) is 11.2 Å². The van der Waals surface area contributed by atoms with E-state index < -0.39 is 0 Å². The number of nitrogens with one attached hydrogen (secondary N) is 1. The summed E-state index contributed by atoms with van der Waals surface area (Å²) in [5.74, 6) is -0.0300. The Bertz CT molecular complexity index is 804. The molecular weight excluding hydrogens is 312 g/mol. The molecule has 0 saturated heterocycles. The maximum atomic E-state index is 12.1. The SMILES string of the molecule is Cc1ccc(-c2csc(CC(=O)Nc3ccccc3C)n2)s1. The molecule has 112 valence electrons. The maximum Gasteiger partial charge on any atom is 0.231 e. The number of hydrogen-bond acceptors (Lipinski definition) is 4. The Kier molecular flexibility index (Phi) is 4.36. The molecule has 3 rings (SSSR count). The van der Waals surface area contributed by atoms with Crippen molar-refractivity contribution in [3.05, 3.63) is 57.2 Å². The van der Waals surface area contributed by atoms with Gasteiger partial charge < -0.3 is 5.32 Å². The van der Waals surface area contributed by atoms with E-state index in [2.05, 4.69) is 29.4 Å². The van der Waals surface area contributed by atoms with Gasteiger partial charge in [0.15, 0.2) is 0 Å². The molecule has 0 atom stereocenters. The van der Waals surface area contributed by atoms with Crippen molar-refractivity contribution >= 4 is 34.3 Å². The van der Waals surface area contributed by atoms with Crippen LogP contribution in [0.15, 0.2) is 41.8 Å². The molecular formula is C17H16N2OS2. The Morgan fingerprint density at radius 1 is 1.18 bits per heavy atom. The number of anilines is 1. The van der Waals surface area contributed by atoms with E-state index in [0.29, 0.717) is 6.42 Å². The second kappa shape index (κ2) is 6.42. The molecule has 2 heterocycles. The molecule has 0 unspecified atom stereocenters. The minimum absolute atomic E-state index is 0.0300. The van der Waals surface area contributed by atoms with Gasteiger partial charge in [-0.15, -0.1) is 22.7 Å². The number of carbonyl (C=O) groups is 1. The number of nitrogens with zero attached hydrogens (tertiary/aromatic N) is 1. The van der Waals surface area contributed by atoms with E-state index in [1.807, 2.05) is 36.6 Å². The van der Waals surface area contributed by atoms with Gasteiger partial charge in [-0.1, -0.05) is 18.2 Å². The Morgan fingerprint density at radius 3 is 2.73 bits per heavy atom. The number of hydrogen-bond donors (Lipinski definition) is 1. The molecule has 0 saturated carbocycles. The van der Waals surface area contributed by atoms with Crippen LogP contribution in [0.5, 0.6) is 0 Å². The molecule has 3 nitrogen and oxygen atoms in total. The molecule has 1 N–H and O–H groups in total. The summed E-state index contributed by atoms with van der Waals surface area (Å²) in [5, 5.41) is 5.80. The van der Waals surface area contributed by atoms with E-state index in [-0.39, 0.29) is 5.91 Å². The number of para-hydroxylation sites is 1. The maximum absolute atomic E-state index is 12.1. The van der Waals surface area contributed by atoms with Gasteiger partial charge in [0.25, 0.3) is 0 Å². The third kappa shape index (κ3) is 3.43.